The Labute approximate surface area is 115 Å². The first-order chi connectivity index (χ1) is 9.12. The lowest BCUT2D eigenvalue weighted by Gasteiger charge is -2.24. The molecule has 0 heterocycles. The molecular weight excluding hydrogens is 238 g/mol. The van der Waals surface area contributed by atoms with Crippen LogP contribution in [0.2, 0.25) is 0 Å². The third-order valence-electron chi connectivity index (χ3n) is 3.36. The number of nitrogens with two attached hydrogens (primary N) is 1. The van der Waals surface area contributed by atoms with E-state index in [0.717, 1.165) is 17.7 Å². The van der Waals surface area contributed by atoms with Crippen molar-refractivity contribution in [1.29, 1.82) is 0 Å². The van der Waals surface area contributed by atoms with Crippen molar-refractivity contribution in [3.63, 3.8) is 0 Å². The second kappa shape index (κ2) is 7.79. The fourth-order valence-corrected chi connectivity index (χ4v) is 1.90. The van der Waals surface area contributed by atoms with Crippen molar-refractivity contribution in [3.8, 4) is 0 Å². The summed E-state index contributed by atoms with van der Waals surface area (Å²) in [4.78, 5) is 12.1. The number of anilines is 1. The minimum absolute atomic E-state index is 0.0553. The summed E-state index contributed by atoms with van der Waals surface area (Å²) < 4.78 is 0. The second-order valence-electron chi connectivity index (χ2n) is 4.80. The number of likely N-dealkylation sites (N-methyl/N-ethyl adjacent to an activating group) is 1. The Morgan fingerprint density at radius 2 is 1.89 bits per heavy atom. The largest absolute Gasteiger partial charge is 0.373 e. The maximum atomic E-state index is 12.1. The number of amides is 1. The van der Waals surface area contributed by atoms with Gasteiger partial charge >= 0.3 is 0 Å². The Morgan fingerprint density at radius 1 is 1.26 bits per heavy atom. The molecule has 19 heavy (non-hydrogen) atoms. The van der Waals surface area contributed by atoms with Gasteiger partial charge in [-0.2, -0.15) is 0 Å². The van der Waals surface area contributed by atoms with E-state index in [-0.39, 0.29) is 17.9 Å². The van der Waals surface area contributed by atoms with E-state index in [4.69, 9.17) is 5.73 Å². The Morgan fingerprint density at radius 3 is 2.37 bits per heavy atom. The molecule has 106 valence electrons. The third kappa shape index (κ3) is 4.56. The fourth-order valence-electron chi connectivity index (χ4n) is 1.90. The van der Waals surface area contributed by atoms with E-state index in [1.165, 1.54) is 0 Å². The SMILES string of the molecule is CCNC(=O)[C@H](Nc1ccc(CN)cc1)C(C)CC. The summed E-state index contributed by atoms with van der Waals surface area (Å²) in [5.41, 5.74) is 7.61. The van der Waals surface area contributed by atoms with Gasteiger partial charge in [0.15, 0.2) is 0 Å². The lowest BCUT2D eigenvalue weighted by Crippen LogP contribution is -2.43. The van der Waals surface area contributed by atoms with Crippen molar-refractivity contribution >= 4 is 11.6 Å². The van der Waals surface area contributed by atoms with Gasteiger partial charge in [-0.25, -0.2) is 0 Å². The van der Waals surface area contributed by atoms with Crippen LogP contribution in [0.5, 0.6) is 0 Å². The van der Waals surface area contributed by atoms with E-state index in [2.05, 4.69) is 24.5 Å². The first-order valence-electron chi connectivity index (χ1n) is 6.95. The lowest BCUT2D eigenvalue weighted by atomic mass is 9.98. The quantitative estimate of drug-likeness (QED) is 0.706. The molecular formula is C15H25N3O. The maximum absolute atomic E-state index is 12.1. The minimum atomic E-state index is -0.200. The highest BCUT2D eigenvalue weighted by atomic mass is 16.2. The lowest BCUT2D eigenvalue weighted by molar-refractivity contribution is -0.122. The maximum Gasteiger partial charge on any atom is 0.242 e. The van der Waals surface area contributed by atoms with Gasteiger partial charge in [0.05, 0.1) is 0 Å². The zero-order chi connectivity index (χ0) is 14.3. The molecule has 1 aromatic rings. The van der Waals surface area contributed by atoms with E-state index in [1.807, 2.05) is 31.2 Å². The van der Waals surface area contributed by atoms with E-state index in [9.17, 15) is 4.79 Å². The van der Waals surface area contributed by atoms with Crippen molar-refractivity contribution in [3.05, 3.63) is 29.8 Å². The molecule has 1 rings (SSSR count). The van der Waals surface area contributed by atoms with Crippen molar-refractivity contribution in [1.82, 2.24) is 5.32 Å². The predicted molar refractivity (Wildman–Crippen MR) is 79.9 cm³/mol. The molecule has 4 N–H and O–H groups in total. The van der Waals surface area contributed by atoms with Gasteiger partial charge in [-0.1, -0.05) is 32.4 Å². The summed E-state index contributed by atoms with van der Waals surface area (Å²) in [6.45, 7) is 7.30. The summed E-state index contributed by atoms with van der Waals surface area (Å²) >= 11 is 0. The van der Waals surface area contributed by atoms with Crippen LogP contribution in [0.4, 0.5) is 5.69 Å². The highest BCUT2D eigenvalue weighted by Gasteiger charge is 2.23. The predicted octanol–water partition coefficient (Wildman–Crippen LogP) is 2.11. The molecule has 0 spiro atoms. The molecule has 0 aromatic heterocycles. The molecule has 4 nitrogen and oxygen atoms in total. The van der Waals surface area contributed by atoms with Crippen LogP contribution in [0, 0.1) is 5.92 Å². The van der Waals surface area contributed by atoms with Crippen molar-refractivity contribution in [2.24, 2.45) is 11.7 Å². The van der Waals surface area contributed by atoms with E-state index >= 15 is 0 Å². The smallest absolute Gasteiger partial charge is 0.242 e. The molecule has 2 atom stereocenters. The molecule has 1 unspecified atom stereocenters. The van der Waals surface area contributed by atoms with Crippen molar-refractivity contribution in [2.45, 2.75) is 39.8 Å². The standard InChI is InChI=1S/C15H25N3O/c1-4-11(3)14(15(19)17-5-2)18-13-8-6-12(10-16)7-9-13/h6-9,11,14,18H,4-5,10,16H2,1-3H3,(H,17,19)/t11?,14-/m1/s1. The highest BCUT2D eigenvalue weighted by molar-refractivity contribution is 5.84. The Bertz CT molecular complexity index is 389. The van der Waals surface area contributed by atoms with Crippen LogP contribution in [-0.4, -0.2) is 18.5 Å². The molecule has 0 aliphatic rings. The van der Waals surface area contributed by atoms with Crippen LogP contribution >= 0.6 is 0 Å². The average molecular weight is 263 g/mol. The molecule has 0 fully saturated rings. The number of hydrogen-bond acceptors (Lipinski definition) is 3. The number of nitrogens with one attached hydrogen (secondary N) is 2. The monoisotopic (exact) mass is 263 g/mol. The Hall–Kier alpha value is -1.55. The molecule has 0 aliphatic carbocycles. The summed E-state index contributed by atoms with van der Waals surface area (Å²) in [6.07, 6.45) is 0.954. The first-order valence-corrected chi connectivity index (χ1v) is 6.95. The van der Waals surface area contributed by atoms with Gasteiger partial charge < -0.3 is 16.4 Å². The molecule has 0 saturated carbocycles. The van der Waals surface area contributed by atoms with Gasteiger partial charge in [-0.15, -0.1) is 0 Å². The molecule has 0 saturated heterocycles. The topological polar surface area (TPSA) is 67.2 Å². The Balaban J connectivity index is 2.78. The molecule has 0 aliphatic heterocycles. The van der Waals surface area contributed by atoms with Crippen LogP contribution in [0.3, 0.4) is 0 Å². The molecule has 1 amide bonds. The minimum Gasteiger partial charge on any atom is -0.373 e. The van der Waals surface area contributed by atoms with E-state index in [0.29, 0.717) is 13.1 Å². The van der Waals surface area contributed by atoms with Crippen LogP contribution < -0.4 is 16.4 Å². The van der Waals surface area contributed by atoms with Gasteiger partial charge in [0.25, 0.3) is 0 Å². The van der Waals surface area contributed by atoms with Gasteiger partial charge in [-0.05, 0) is 30.5 Å². The first kappa shape index (κ1) is 15.5. The van der Waals surface area contributed by atoms with Crippen LogP contribution in [0.1, 0.15) is 32.8 Å². The Kier molecular flexibility index (Phi) is 6.36. The van der Waals surface area contributed by atoms with Crippen LogP contribution in [0.15, 0.2) is 24.3 Å². The van der Waals surface area contributed by atoms with Gasteiger partial charge in [0.2, 0.25) is 5.91 Å². The van der Waals surface area contributed by atoms with Gasteiger partial charge in [0.1, 0.15) is 6.04 Å². The number of hydrogen-bond donors (Lipinski definition) is 3. The zero-order valence-electron chi connectivity index (χ0n) is 12.1. The van der Waals surface area contributed by atoms with Gasteiger partial charge in [-0.3, -0.25) is 4.79 Å². The molecule has 4 heteroatoms. The second-order valence-corrected chi connectivity index (χ2v) is 4.80. The highest BCUT2D eigenvalue weighted by Crippen LogP contribution is 2.16. The summed E-state index contributed by atoms with van der Waals surface area (Å²) in [6, 6.07) is 7.70. The van der Waals surface area contributed by atoms with Crippen LogP contribution in [0.25, 0.3) is 0 Å². The average Bonchev–Trinajstić information content (AvgIpc) is 2.44. The van der Waals surface area contributed by atoms with Crippen molar-refractivity contribution in [2.75, 3.05) is 11.9 Å². The summed E-state index contributed by atoms with van der Waals surface area (Å²) in [7, 11) is 0. The van der Waals surface area contributed by atoms with Gasteiger partial charge in [0, 0.05) is 18.8 Å². The molecule has 1 aromatic carbocycles. The number of benzene rings is 1. The fraction of sp³-hybridized carbons (Fsp3) is 0.533. The number of carbonyl (C=O) groups is 1. The third-order valence-corrected chi connectivity index (χ3v) is 3.36. The number of rotatable bonds is 7. The molecule has 0 bridgehead atoms. The van der Waals surface area contributed by atoms with Crippen molar-refractivity contribution < 1.29 is 4.79 Å². The zero-order valence-corrected chi connectivity index (χ0v) is 12.1. The summed E-state index contributed by atoms with van der Waals surface area (Å²) in [5.74, 6) is 0.334. The molecule has 0 radical (unpaired) electrons. The normalized spacial score (nSPS) is 13.7. The van der Waals surface area contributed by atoms with E-state index < -0.39 is 0 Å². The van der Waals surface area contributed by atoms with Crippen LogP contribution in [-0.2, 0) is 11.3 Å². The number of carbonyl (C=O) groups excluding carboxylic acids is 1. The van der Waals surface area contributed by atoms with E-state index in [1.54, 1.807) is 0 Å². The summed E-state index contributed by atoms with van der Waals surface area (Å²) in [5, 5.41) is 6.19.